The zero-order valence-electron chi connectivity index (χ0n) is 41.9. The molecule has 81 heavy (non-hydrogen) atoms. The van der Waals surface area contributed by atoms with Crippen LogP contribution in [-0.4, -0.2) is 126 Å². The van der Waals surface area contributed by atoms with Gasteiger partial charge in [-0.15, -0.1) is 22.7 Å². The second kappa shape index (κ2) is 23.5. The highest BCUT2D eigenvalue weighted by Gasteiger charge is 2.42. The molecule has 2 aliphatic heterocycles. The van der Waals surface area contributed by atoms with Crippen LogP contribution < -0.4 is 27.4 Å². The van der Waals surface area contributed by atoms with Gasteiger partial charge < -0.3 is 42.3 Å². The summed E-state index contributed by atoms with van der Waals surface area (Å²) in [5.41, 5.74) is 11.8. The van der Waals surface area contributed by atoms with Crippen LogP contribution in [0.25, 0.3) is 42.7 Å². The molecule has 0 radical (unpaired) electrons. The molecular formula is C53H43Cl2F4N11O9S2. The van der Waals surface area contributed by atoms with E-state index in [2.05, 4.69) is 26.1 Å². The molecule has 7 amide bonds. The molecule has 0 saturated carbocycles. The molecule has 28 heteroatoms. The van der Waals surface area contributed by atoms with Crippen molar-refractivity contribution in [2.75, 3.05) is 30.8 Å². The number of hydrogen-bond acceptors (Lipinski definition) is 12. The number of aromatic carboxylic acids is 1. The molecule has 0 spiro atoms. The lowest BCUT2D eigenvalue weighted by Gasteiger charge is -2.24. The monoisotopic (exact) mass is 1190 g/mol. The predicted octanol–water partition coefficient (Wildman–Crippen LogP) is 7.53. The van der Waals surface area contributed by atoms with Crippen LogP contribution in [0.3, 0.4) is 0 Å². The molecule has 6 heterocycles. The number of anilines is 2. The second-order valence-corrected chi connectivity index (χ2v) is 21.3. The Morgan fingerprint density at radius 1 is 0.617 bits per heavy atom. The average molecular weight is 1190 g/mol. The minimum absolute atomic E-state index is 0.0978. The van der Waals surface area contributed by atoms with Crippen molar-refractivity contribution >= 4 is 125 Å². The number of amides is 7. The van der Waals surface area contributed by atoms with Gasteiger partial charge in [-0.25, -0.2) is 22.4 Å². The van der Waals surface area contributed by atoms with E-state index in [0.717, 1.165) is 37.2 Å². The van der Waals surface area contributed by atoms with Gasteiger partial charge in [-0.05, 0) is 36.4 Å². The Balaban J connectivity index is 0.000000196. The third kappa shape index (κ3) is 11.7. The van der Waals surface area contributed by atoms with Crippen LogP contribution in [0.2, 0.25) is 10.0 Å². The molecule has 2 saturated heterocycles. The Morgan fingerprint density at radius 3 is 1.41 bits per heavy atom. The fourth-order valence-corrected chi connectivity index (χ4v) is 11.9. The van der Waals surface area contributed by atoms with Crippen molar-refractivity contribution in [1.29, 1.82) is 0 Å². The van der Waals surface area contributed by atoms with E-state index < -0.39 is 103 Å². The summed E-state index contributed by atoms with van der Waals surface area (Å²) in [5.74, 6) is -7.83. The van der Waals surface area contributed by atoms with Crippen molar-refractivity contribution in [3.63, 3.8) is 0 Å². The molecule has 20 nitrogen and oxygen atoms in total. The van der Waals surface area contributed by atoms with Gasteiger partial charge in [0.25, 0.3) is 17.7 Å². The number of carboxylic acids is 1. The fraction of sp³-hybridized carbons (Fsp3) is 0.208. The van der Waals surface area contributed by atoms with Crippen LogP contribution >= 0.6 is 45.9 Å². The summed E-state index contributed by atoms with van der Waals surface area (Å²) in [5, 5.41) is 25.5. The maximum absolute atomic E-state index is 15.4. The van der Waals surface area contributed by atoms with E-state index in [0.29, 0.717) is 31.4 Å². The van der Waals surface area contributed by atoms with Gasteiger partial charge in [-0.3, -0.25) is 42.9 Å². The molecule has 8 N–H and O–H groups in total. The lowest BCUT2D eigenvalue weighted by atomic mass is 10.0. The molecule has 4 atom stereocenters. The summed E-state index contributed by atoms with van der Waals surface area (Å²) >= 11 is 14.2. The third-order valence-corrected chi connectivity index (χ3v) is 16.0. The molecule has 0 bridgehead atoms. The topological polar surface area (TPSA) is 287 Å². The van der Waals surface area contributed by atoms with Crippen molar-refractivity contribution in [1.82, 2.24) is 34.7 Å². The number of aromatic nitrogens is 4. The number of alkyl halides is 2. The number of nitrogens with one attached hydrogen (secondary N) is 3. The lowest BCUT2D eigenvalue weighted by Crippen LogP contribution is -2.44. The summed E-state index contributed by atoms with van der Waals surface area (Å²) in [6.07, 6.45) is -3.61. The van der Waals surface area contributed by atoms with Gasteiger partial charge in [0.2, 0.25) is 23.6 Å². The number of carbonyl (C=O) groups excluding carboxylic acids is 7. The second-order valence-electron chi connectivity index (χ2n) is 18.3. The van der Waals surface area contributed by atoms with E-state index in [9.17, 15) is 52.2 Å². The smallest absolute Gasteiger partial charge is 0.345 e. The molecule has 8 aromatic rings. The summed E-state index contributed by atoms with van der Waals surface area (Å²) in [6, 6.07) is 22.3. The average Bonchev–Trinajstić information content (AvgIpc) is 4.43. The summed E-state index contributed by atoms with van der Waals surface area (Å²) in [6.45, 7) is -1.73. The molecule has 2 fully saturated rings. The normalized spacial score (nSPS) is 16.7. The van der Waals surface area contributed by atoms with Crippen molar-refractivity contribution in [3.05, 3.63) is 140 Å². The molecule has 0 aliphatic carbocycles. The van der Waals surface area contributed by atoms with Crippen molar-refractivity contribution in [3.8, 4) is 22.3 Å². The number of carboxylic acid groups (broad SMARTS) is 1. The van der Waals surface area contributed by atoms with Gasteiger partial charge in [0, 0.05) is 52.2 Å². The first kappa shape index (κ1) is 57.0. The Morgan fingerprint density at radius 2 is 1.01 bits per heavy atom. The summed E-state index contributed by atoms with van der Waals surface area (Å²) in [7, 11) is 1.45. The molecular weight excluding hydrogens is 1150 g/mol. The minimum atomic E-state index is -1.52. The molecule has 0 unspecified atom stereocenters. The molecule has 10 rings (SSSR count). The molecule has 4 aromatic heterocycles. The zero-order chi connectivity index (χ0) is 58.1. The first-order valence-electron chi connectivity index (χ1n) is 24.2. The summed E-state index contributed by atoms with van der Waals surface area (Å²) in [4.78, 5) is 103. The standard InChI is InChI=1S/C27H23ClF2N6O4S.C26H20ClF2N5O5S/c1-32-27(40)20-10-18-24(41-20)23(25(31)38)34-36(18)12-21(37)35-11-13(29)9-19(35)26(39)33-17-8-4-6-15(22(17)30)14-5-2-3-7-16(14)28;27-15-6-2-1-4-13(15)14-5-3-7-16(21(14)29)31-25(37)18-8-12(28)10-33(18)20(35)11-34-17-9-19(26(38)39)40-23(17)22(32-34)24(30)36/h2-8,10,13,19H,9,11-12H2,1H3,(H2,31,38)(H,32,40)(H,33,39);1-7,9,12,18H,8,10-11H2,(H2,30,36)(H,31,37)(H,38,39)/t13-,19+;12-,18+/m11/s1. The fourth-order valence-electron chi connectivity index (χ4n) is 9.35. The minimum Gasteiger partial charge on any atom is -0.477 e. The predicted molar refractivity (Wildman–Crippen MR) is 294 cm³/mol. The number of benzene rings is 4. The number of fused-ring (bicyclic) bond motifs is 2. The van der Waals surface area contributed by atoms with Gasteiger partial charge in [-0.1, -0.05) is 83.9 Å². The van der Waals surface area contributed by atoms with Crippen molar-refractivity contribution in [2.45, 2.75) is 50.4 Å². The van der Waals surface area contributed by atoms with E-state index in [1.54, 1.807) is 54.6 Å². The largest absolute Gasteiger partial charge is 0.477 e. The maximum atomic E-state index is 15.4. The van der Waals surface area contributed by atoms with E-state index in [4.69, 9.17) is 34.7 Å². The number of carbonyl (C=O) groups is 8. The summed E-state index contributed by atoms with van der Waals surface area (Å²) < 4.78 is 62.6. The van der Waals surface area contributed by atoms with E-state index in [1.807, 2.05) is 0 Å². The van der Waals surface area contributed by atoms with Gasteiger partial charge in [0.1, 0.15) is 42.4 Å². The number of likely N-dealkylation sites (tertiary alicyclic amines) is 2. The van der Waals surface area contributed by atoms with E-state index in [1.165, 1.54) is 54.2 Å². The maximum Gasteiger partial charge on any atom is 0.345 e. The zero-order valence-corrected chi connectivity index (χ0v) is 45.1. The van der Waals surface area contributed by atoms with E-state index in [-0.39, 0.29) is 73.2 Å². The van der Waals surface area contributed by atoms with Gasteiger partial charge >= 0.3 is 5.97 Å². The first-order chi connectivity index (χ1) is 38.6. The number of nitrogens with zero attached hydrogens (tertiary/aromatic N) is 6. The van der Waals surface area contributed by atoms with Crippen LogP contribution in [-0.2, 0) is 32.3 Å². The molecule has 4 aromatic carbocycles. The number of rotatable bonds is 14. The van der Waals surface area contributed by atoms with Crippen LogP contribution in [0.15, 0.2) is 97.1 Å². The highest BCUT2D eigenvalue weighted by atomic mass is 35.5. The number of primary amides is 2. The van der Waals surface area contributed by atoms with Crippen LogP contribution in [0, 0.1) is 11.6 Å². The lowest BCUT2D eigenvalue weighted by molar-refractivity contribution is -0.137. The van der Waals surface area contributed by atoms with Gasteiger partial charge in [-0.2, -0.15) is 10.2 Å². The number of hydrogen-bond donors (Lipinski definition) is 6. The molecule has 418 valence electrons. The Kier molecular flexibility index (Phi) is 16.6. The van der Waals surface area contributed by atoms with Crippen LogP contribution in [0.4, 0.5) is 28.9 Å². The van der Waals surface area contributed by atoms with Crippen LogP contribution in [0.5, 0.6) is 0 Å². The number of halogens is 6. The first-order valence-corrected chi connectivity index (χ1v) is 26.6. The highest BCUT2D eigenvalue weighted by Crippen LogP contribution is 2.36. The number of thiophene rings is 2. The Bertz CT molecular complexity index is 3890. The SMILES string of the molecule is CNC(=O)c1cc2c(s1)c(C(N)=O)nn2CC(=O)N1C[C@H](F)C[C@H]1C(=O)Nc1cccc(-c2ccccc2Cl)c1F.NC(=O)c1nn(CC(=O)N2C[C@H](F)C[C@H]2C(=O)Nc2cccc(-c3ccccc3Cl)c2F)c2cc(C(=O)O)sc12. The quantitative estimate of drug-likeness (QED) is 0.0579. The molecule has 2 aliphatic rings. The van der Waals surface area contributed by atoms with Gasteiger partial charge in [0.05, 0.1) is 49.8 Å². The van der Waals surface area contributed by atoms with Crippen LogP contribution in [0.1, 0.15) is 53.2 Å². The van der Waals surface area contributed by atoms with Crippen molar-refractivity contribution in [2.24, 2.45) is 11.5 Å². The Labute approximate surface area is 473 Å². The Hall–Kier alpha value is -8.72. The van der Waals surface area contributed by atoms with Crippen molar-refractivity contribution < 1.29 is 61.0 Å². The highest BCUT2D eigenvalue weighted by molar-refractivity contribution is 7.21. The third-order valence-electron chi connectivity index (χ3n) is 13.1. The van der Waals surface area contributed by atoms with E-state index >= 15 is 8.78 Å². The number of nitrogens with two attached hydrogens (primary N) is 2. The van der Waals surface area contributed by atoms with Gasteiger partial charge in [0.15, 0.2) is 23.0 Å².